The predicted octanol–water partition coefficient (Wildman–Crippen LogP) is 1.38. The number of rotatable bonds is 6. The van der Waals surface area contributed by atoms with Crippen molar-refractivity contribution in [1.82, 2.24) is 15.1 Å². The zero-order valence-electron chi connectivity index (χ0n) is 10.7. The van der Waals surface area contributed by atoms with Gasteiger partial charge in [-0.1, -0.05) is 6.92 Å². The molecule has 0 saturated heterocycles. The summed E-state index contributed by atoms with van der Waals surface area (Å²) in [5, 5.41) is 16.9. The van der Waals surface area contributed by atoms with Crippen molar-refractivity contribution in [2.24, 2.45) is 0 Å². The summed E-state index contributed by atoms with van der Waals surface area (Å²) in [6, 6.07) is 0. The molecule has 0 amide bonds. The first-order valence-electron chi connectivity index (χ1n) is 5.98. The average molecular weight is 225 g/mol. The van der Waals surface area contributed by atoms with Crippen LogP contribution in [0.25, 0.3) is 0 Å². The van der Waals surface area contributed by atoms with Gasteiger partial charge in [-0.15, -0.1) is 0 Å². The van der Waals surface area contributed by atoms with Crippen molar-refractivity contribution >= 4 is 0 Å². The smallest absolute Gasteiger partial charge is 0.0641 e. The van der Waals surface area contributed by atoms with E-state index < -0.39 is 0 Å². The van der Waals surface area contributed by atoms with Gasteiger partial charge in [-0.2, -0.15) is 5.10 Å². The molecule has 16 heavy (non-hydrogen) atoms. The lowest BCUT2D eigenvalue weighted by atomic mass is 10.2. The zero-order chi connectivity index (χ0) is 12.1. The Labute approximate surface area is 97.7 Å². The number of aryl methyl sites for hydroxylation is 2. The molecule has 0 bridgehead atoms. The molecule has 4 nitrogen and oxygen atoms in total. The molecule has 92 valence electrons. The second-order valence-corrected chi connectivity index (χ2v) is 4.35. The molecule has 0 fully saturated rings. The highest BCUT2D eigenvalue weighted by atomic mass is 16.3. The van der Waals surface area contributed by atoms with Crippen molar-refractivity contribution in [1.29, 1.82) is 0 Å². The summed E-state index contributed by atoms with van der Waals surface area (Å²) in [4.78, 5) is 0. The number of hydrogen-bond acceptors (Lipinski definition) is 3. The molecule has 1 aromatic heterocycles. The van der Waals surface area contributed by atoms with E-state index in [1.54, 1.807) is 6.92 Å². The van der Waals surface area contributed by atoms with Gasteiger partial charge >= 0.3 is 0 Å². The van der Waals surface area contributed by atoms with Gasteiger partial charge in [-0.05, 0) is 27.2 Å². The minimum Gasteiger partial charge on any atom is -0.392 e. The molecule has 4 heteroatoms. The van der Waals surface area contributed by atoms with E-state index in [9.17, 15) is 5.11 Å². The minimum absolute atomic E-state index is 0.300. The normalized spacial score (nSPS) is 13.1. The Morgan fingerprint density at radius 2 is 2.12 bits per heavy atom. The predicted molar refractivity (Wildman–Crippen MR) is 65.4 cm³/mol. The molecule has 0 radical (unpaired) electrons. The molecule has 0 unspecified atom stereocenters. The van der Waals surface area contributed by atoms with Crippen LogP contribution >= 0.6 is 0 Å². The van der Waals surface area contributed by atoms with Crippen molar-refractivity contribution < 1.29 is 5.11 Å². The van der Waals surface area contributed by atoms with Crippen LogP contribution in [0.15, 0.2) is 0 Å². The van der Waals surface area contributed by atoms with Crippen molar-refractivity contribution in [3.8, 4) is 0 Å². The van der Waals surface area contributed by atoms with Gasteiger partial charge in [0.1, 0.15) is 0 Å². The van der Waals surface area contributed by atoms with Gasteiger partial charge in [0.2, 0.25) is 0 Å². The number of hydrogen-bond donors (Lipinski definition) is 2. The fourth-order valence-electron chi connectivity index (χ4n) is 1.83. The van der Waals surface area contributed by atoms with Gasteiger partial charge in [0.05, 0.1) is 11.8 Å². The van der Waals surface area contributed by atoms with Crippen LogP contribution in [-0.2, 0) is 13.1 Å². The fraction of sp³-hybridized carbons (Fsp3) is 0.750. The number of aliphatic hydroxyl groups excluding tert-OH is 1. The Morgan fingerprint density at radius 1 is 1.44 bits per heavy atom. The average Bonchev–Trinajstić information content (AvgIpc) is 2.45. The maximum Gasteiger partial charge on any atom is 0.0641 e. The van der Waals surface area contributed by atoms with Crippen LogP contribution in [0.5, 0.6) is 0 Å². The van der Waals surface area contributed by atoms with E-state index in [4.69, 9.17) is 0 Å². The highest BCUT2D eigenvalue weighted by molar-refractivity contribution is 5.24. The van der Waals surface area contributed by atoms with E-state index in [2.05, 4.69) is 28.9 Å². The van der Waals surface area contributed by atoms with E-state index in [1.807, 2.05) is 6.92 Å². The summed E-state index contributed by atoms with van der Waals surface area (Å²) < 4.78 is 2.06. The van der Waals surface area contributed by atoms with Crippen LogP contribution in [0.2, 0.25) is 0 Å². The highest BCUT2D eigenvalue weighted by Crippen LogP contribution is 2.13. The third kappa shape index (κ3) is 3.32. The second kappa shape index (κ2) is 6.01. The number of aromatic nitrogens is 2. The van der Waals surface area contributed by atoms with E-state index in [0.29, 0.717) is 6.54 Å². The van der Waals surface area contributed by atoms with Gasteiger partial charge in [-0.3, -0.25) is 4.68 Å². The number of aliphatic hydroxyl groups is 1. The van der Waals surface area contributed by atoms with Crippen molar-refractivity contribution in [3.63, 3.8) is 0 Å². The topological polar surface area (TPSA) is 50.1 Å². The SMILES string of the molecule is CCCn1nc(C)c(CNC[C@H](C)O)c1C. The molecule has 0 aromatic carbocycles. The van der Waals surface area contributed by atoms with Gasteiger partial charge in [0.15, 0.2) is 0 Å². The maximum atomic E-state index is 9.18. The molecular weight excluding hydrogens is 202 g/mol. The van der Waals surface area contributed by atoms with Crippen LogP contribution in [0.4, 0.5) is 0 Å². The first-order valence-corrected chi connectivity index (χ1v) is 5.98. The fourth-order valence-corrected chi connectivity index (χ4v) is 1.83. The van der Waals surface area contributed by atoms with Crippen molar-refractivity contribution in [3.05, 3.63) is 17.0 Å². The van der Waals surface area contributed by atoms with Gasteiger partial charge in [0, 0.05) is 30.9 Å². The Kier molecular flexibility index (Phi) is 4.96. The number of nitrogens with zero attached hydrogens (tertiary/aromatic N) is 2. The van der Waals surface area contributed by atoms with E-state index in [-0.39, 0.29) is 6.10 Å². The zero-order valence-corrected chi connectivity index (χ0v) is 10.7. The quantitative estimate of drug-likeness (QED) is 0.769. The van der Waals surface area contributed by atoms with Crippen LogP contribution < -0.4 is 5.32 Å². The van der Waals surface area contributed by atoms with E-state index >= 15 is 0 Å². The Balaban J connectivity index is 2.64. The lowest BCUT2D eigenvalue weighted by molar-refractivity contribution is 0.191. The second-order valence-electron chi connectivity index (χ2n) is 4.35. The monoisotopic (exact) mass is 225 g/mol. The van der Waals surface area contributed by atoms with E-state index in [0.717, 1.165) is 25.2 Å². The maximum absolute atomic E-state index is 9.18. The van der Waals surface area contributed by atoms with E-state index in [1.165, 1.54) is 11.3 Å². The number of nitrogens with one attached hydrogen (secondary N) is 1. The van der Waals surface area contributed by atoms with Crippen LogP contribution in [0.1, 0.15) is 37.2 Å². The molecule has 0 aliphatic carbocycles. The third-order valence-corrected chi connectivity index (χ3v) is 2.71. The van der Waals surface area contributed by atoms with Crippen LogP contribution in [-0.4, -0.2) is 27.5 Å². The summed E-state index contributed by atoms with van der Waals surface area (Å²) in [7, 11) is 0. The molecule has 1 atom stereocenters. The lowest BCUT2D eigenvalue weighted by Gasteiger charge is -2.07. The van der Waals surface area contributed by atoms with Crippen LogP contribution in [0.3, 0.4) is 0 Å². The Hall–Kier alpha value is -0.870. The molecule has 1 aromatic rings. The summed E-state index contributed by atoms with van der Waals surface area (Å²) in [6.45, 7) is 10.5. The van der Waals surface area contributed by atoms with Gasteiger partial charge in [-0.25, -0.2) is 0 Å². The first-order chi connectivity index (χ1) is 7.56. The minimum atomic E-state index is -0.300. The molecular formula is C12H23N3O. The standard InChI is InChI=1S/C12H23N3O/c1-5-6-15-11(4)12(10(3)14-15)8-13-7-9(2)16/h9,13,16H,5-8H2,1-4H3/t9-/m0/s1. The summed E-state index contributed by atoms with van der Waals surface area (Å²) >= 11 is 0. The summed E-state index contributed by atoms with van der Waals surface area (Å²) in [5.41, 5.74) is 3.58. The van der Waals surface area contributed by atoms with Gasteiger partial charge in [0.25, 0.3) is 0 Å². The van der Waals surface area contributed by atoms with Gasteiger partial charge < -0.3 is 10.4 Å². The first kappa shape index (κ1) is 13.2. The molecule has 1 heterocycles. The van der Waals surface area contributed by atoms with Crippen molar-refractivity contribution in [2.75, 3.05) is 6.54 Å². The summed E-state index contributed by atoms with van der Waals surface area (Å²) in [6.07, 6.45) is 0.800. The highest BCUT2D eigenvalue weighted by Gasteiger charge is 2.10. The Bertz CT molecular complexity index is 331. The molecule has 0 aliphatic heterocycles. The lowest BCUT2D eigenvalue weighted by Crippen LogP contribution is -2.24. The molecule has 2 N–H and O–H groups in total. The Morgan fingerprint density at radius 3 is 2.69 bits per heavy atom. The van der Waals surface area contributed by atoms with Crippen molar-refractivity contribution in [2.45, 2.75) is 53.3 Å². The summed E-state index contributed by atoms with van der Waals surface area (Å²) in [5.74, 6) is 0. The molecule has 0 saturated carbocycles. The molecule has 0 aliphatic rings. The largest absolute Gasteiger partial charge is 0.392 e. The molecule has 1 rings (SSSR count). The molecule has 0 spiro atoms. The van der Waals surface area contributed by atoms with Crippen LogP contribution in [0, 0.1) is 13.8 Å². The third-order valence-electron chi connectivity index (χ3n) is 2.71.